The number of nitro benzene ring substituents is 1. The first-order valence-electron chi connectivity index (χ1n) is 5.21. The molecule has 0 spiro atoms. The zero-order chi connectivity index (χ0) is 14.0. The quantitative estimate of drug-likeness (QED) is 0.631. The zero-order valence-corrected chi connectivity index (χ0v) is 11.3. The number of ether oxygens (including phenoxy) is 1. The summed E-state index contributed by atoms with van der Waals surface area (Å²) in [6.07, 6.45) is 1.40. The van der Waals surface area contributed by atoms with Gasteiger partial charge in [0.05, 0.1) is 4.92 Å². The molecule has 0 atom stereocenters. The van der Waals surface area contributed by atoms with Crippen LogP contribution in [0.25, 0.3) is 0 Å². The predicted molar refractivity (Wildman–Crippen MR) is 69.8 cm³/mol. The molecule has 5 nitrogen and oxygen atoms in total. The largest absolute Gasteiger partial charge is 0.436 e. The molecule has 1 heterocycles. The smallest absolute Gasteiger partial charge is 0.269 e. The molecular weight excluding hydrogens is 319 g/mol. The molecule has 0 saturated heterocycles. The van der Waals surface area contributed by atoms with Crippen LogP contribution in [-0.4, -0.2) is 9.91 Å². The van der Waals surface area contributed by atoms with Crippen molar-refractivity contribution in [2.45, 2.75) is 6.92 Å². The molecule has 0 bridgehead atoms. The number of non-ortho nitro benzene ring substituents is 1. The topological polar surface area (TPSA) is 65.3 Å². The number of hydrogen-bond acceptors (Lipinski definition) is 4. The van der Waals surface area contributed by atoms with Crippen LogP contribution in [-0.2, 0) is 0 Å². The molecule has 0 saturated carbocycles. The van der Waals surface area contributed by atoms with Gasteiger partial charge in [0.2, 0.25) is 0 Å². The van der Waals surface area contributed by atoms with Gasteiger partial charge in [-0.05, 0) is 40.5 Å². The third-order valence-corrected chi connectivity index (χ3v) is 2.78. The van der Waals surface area contributed by atoms with Crippen LogP contribution in [0.2, 0.25) is 0 Å². The molecule has 2 aromatic rings. The van der Waals surface area contributed by atoms with Crippen LogP contribution < -0.4 is 4.74 Å². The molecular formula is C12H8BrFN2O3. The third-order valence-electron chi connectivity index (χ3n) is 2.35. The summed E-state index contributed by atoms with van der Waals surface area (Å²) in [5.74, 6) is -0.480. The maximum atomic E-state index is 13.5. The molecule has 0 unspecified atom stereocenters. The SMILES string of the molecule is Cc1cc([N+](=O)[O-])ccc1Oc1ncc(Br)cc1F. The van der Waals surface area contributed by atoms with E-state index in [1.54, 1.807) is 6.92 Å². The van der Waals surface area contributed by atoms with Crippen molar-refractivity contribution in [3.05, 3.63) is 56.4 Å². The Morgan fingerprint density at radius 1 is 1.42 bits per heavy atom. The molecule has 0 aliphatic heterocycles. The lowest BCUT2D eigenvalue weighted by Crippen LogP contribution is -1.95. The van der Waals surface area contributed by atoms with Crippen molar-refractivity contribution in [3.63, 3.8) is 0 Å². The number of nitrogens with zero attached hydrogens (tertiary/aromatic N) is 2. The van der Waals surface area contributed by atoms with Crippen molar-refractivity contribution in [2.24, 2.45) is 0 Å². The Morgan fingerprint density at radius 2 is 2.16 bits per heavy atom. The summed E-state index contributed by atoms with van der Waals surface area (Å²) < 4.78 is 19.3. The maximum Gasteiger partial charge on any atom is 0.269 e. The molecule has 1 aromatic heterocycles. The number of aryl methyl sites for hydroxylation is 1. The van der Waals surface area contributed by atoms with Crippen LogP contribution in [0.1, 0.15) is 5.56 Å². The maximum absolute atomic E-state index is 13.5. The lowest BCUT2D eigenvalue weighted by molar-refractivity contribution is -0.384. The van der Waals surface area contributed by atoms with Crippen LogP contribution >= 0.6 is 15.9 Å². The van der Waals surface area contributed by atoms with Gasteiger partial charge in [-0.15, -0.1) is 0 Å². The highest BCUT2D eigenvalue weighted by molar-refractivity contribution is 9.10. The molecule has 0 fully saturated rings. The molecule has 7 heteroatoms. The first-order chi connectivity index (χ1) is 8.97. The van der Waals surface area contributed by atoms with Gasteiger partial charge in [0, 0.05) is 22.8 Å². The highest BCUT2D eigenvalue weighted by atomic mass is 79.9. The summed E-state index contributed by atoms with van der Waals surface area (Å²) in [5, 5.41) is 10.6. The van der Waals surface area contributed by atoms with E-state index in [1.807, 2.05) is 0 Å². The van der Waals surface area contributed by atoms with E-state index in [4.69, 9.17) is 4.74 Å². The lowest BCUT2D eigenvalue weighted by atomic mass is 10.2. The Labute approximate surface area is 116 Å². The fraction of sp³-hybridized carbons (Fsp3) is 0.0833. The van der Waals surface area contributed by atoms with Crippen molar-refractivity contribution < 1.29 is 14.1 Å². The summed E-state index contributed by atoms with van der Waals surface area (Å²) in [7, 11) is 0. The van der Waals surface area contributed by atoms with E-state index in [9.17, 15) is 14.5 Å². The summed E-state index contributed by atoms with van der Waals surface area (Å²) in [4.78, 5) is 13.9. The number of benzene rings is 1. The Hall–Kier alpha value is -2.02. The van der Waals surface area contributed by atoms with Gasteiger partial charge < -0.3 is 4.74 Å². The van der Waals surface area contributed by atoms with Gasteiger partial charge in [-0.2, -0.15) is 0 Å². The second-order valence-electron chi connectivity index (χ2n) is 3.75. The predicted octanol–water partition coefficient (Wildman–Crippen LogP) is 3.99. The molecule has 1 aromatic carbocycles. The van der Waals surface area contributed by atoms with E-state index >= 15 is 0 Å². The molecule has 0 aliphatic carbocycles. The van der Waals surface area contributed by atoms with E-state index in [2.05, 4.69) is 20.9 Å². The minimum atomic E-state index is -0.618. The van der Waals surface area contributed by atoms with Gasteiger partial charge >= 0.3 is 0 Å². The van der Waals surface area contributed by atoms with Gasteiger partial charge in [-0.1, -0.05) is 0 Å². The van der Waals surface area contributed by atoms with Crippen LogP contribution in [0.3, 0.4) is 0 Å². The molecule has 0 radical (unpaired) electrons. The van der Waals surface area contributed by atoms with Crippen molar-refractivity contribution in [1.29, 1.82) is 0 Å². The average molecular weight is 327 g/mol. The number of hydrogen-bond donors (Lipinski definition) is 0. The van der Waals surface area contributed by atoms with Crippen LogP contribution in [0, 0.1) is 22.9 Å². The number of aromatic nitrogens is 1. The van der Waals surface area contributed by atoms with Gasteiger partial charge in [-0.25, -0.2) is 9.37 Å². The number of pyridine rings is 1. The summed E-state index contributed by atoms with van der Waals surface area (Å²) in [6.45, 7) is 1.64. The minimum absolute atomic E-state index is 0.0471. The Kier molecular flexibility index (Phi) is 3.75. The Morgan fingerprint density at radius 3 is 2.74 bits per heavy atom. The monoisotopic (exact) mass is 326 g/mol. The Bertz CT molecular complexity index is 649. The number of rotatable bonds is 3. The number of nitro groups is 1. The zero-order valence-electron chi connectivity index (χ0n) is 9.76. The first-order valence-corrected chi connectivity index (χ1v) is 6.00. The molecule has 0 N–H and O–H groups in total. The van der Waals surface area contributed by atoms with E-state index in [1.165, 1.54) is 30.5 Å². The second kappa shape index (κ2) is 5.31. The Balaban J connectivity index is 2.31. The van der Waals surface area contributed by atoms with Crippen molar-refractivity contribution in [2.75, 3.05) is 0 Å². The molecule has 2 rings (SSSR count). The van der Waals surface area contributed by atoms with Gasteiger partial charge in [0.25, 0.3) is 11.6 Å². The number of halogens is 2. The third kappa shape index (κ3) is 3.05. The van der Waals surface area contributed by atoms with Crippen molar-refractivity contribution >= 4 is 21.6 Å². The van der Waals surface area contributed by atoms with Crippen LogP contribution in [0.4, 0.5) is 10.1 Å². The van der Waals surface area contributed by atoms with E-state index < -0.39 is 10.7 Å². The molecule has 19 heavy (non-hydrogen) atoms. The molecule has 98 valence electrons. The highest BCUT2D eigenvalue weighted by Crippen LogP contribution is 2.29. The van der Waals surface area contributed by atoms with Crippen molar-refractivity contribution in [1.82, 2.24) is 4.98 Å². The summed E-state index contributed by atoms with van der Waals surface area (Å²) >= 11 is 3.09. The van der Waals surface area contributed by atoms with E-state index in [0.717, 1.165) is 0 Å². The van der Waals surface area contributed by atoms with Crippen molar-refractivity contribution in [3.8, 4) is 11.6 Å². The van der Waals surface area contributed by atoms with Gasteiger partial charge in [0.15, 0.2) is 5.82 Å². The standard InChI is InChI=1S/C12H8BrFN2O3/c1-7-4-9(16(17)18)2-3-11(7)19-12-10(14)5-8(13)6-15-12/h2-6H,1H3. The normalized spacial score (nSPS) is 10.3. The highest BCUT2D eigenvalue weighted by Gasteiger charge is 2.12. The molecule has 0 amide bonds. The van der Waals surface area contributed by atoms with Crippen LogP contribution in [0.15, 0.2) is 34.9 Å². The van der Waals surface area contributed by atoms with Crippen LogP contribution in [0.5, 0.6) is 11.6 Å². The van der Waals surface area contributed by atoms with Gasteiger partial charge in [-0.3, -0.25) is 10.1 Å². The van der Waals surface area contributed by atoms with E-state index in [-0.39, 0.29) is 11.6 Å². The molecule has 0 aliphatic rings. The fourth-order valence-corrected chi connectivity index (χ4v) is 1.75. The lowest BCUT2D eigenvalue weighted by Gasteiger charge is -2.08. The van der Waals surface area contributed by atoms with E-state index in [0.29, 0.717) is 15.8 Å². The fourth-order valence-electron chi connectivity index (χ4n) is 1.44. The first kappa shape index (κ1) is 13.4. The second-order valence-corrected chi connectivity index (χ2v) is 4.67. The average Bonchev–Trinajstić information content (AvgIpc) is 2.34. The summed E-state index contributed by atoms with van der Waals surface area (Å²) in [6, 6.07) is 5.28. The summed E-state index contributed by atoms with van der Waals surface area (Å²) in [5.41, 5.74) is 0.479. The minimum Gasteiger partial charge on any atom is -0.436 e. The van der Waals surface area contributed by atoms with Gasteiger partial charge in [0.1, 0.15) is 5.75 Å².